The topological polar surface area (TPSA) is 61.4 Å². The van der Waals surface area contributed by atoms with Crippen LogP contribution in [-0.2, 0) is 0 Å². The standard InChI is InChI=1S/C22H23N5O/c1-17-7-9-18(10-8-17)25-22(28)20-15-24-21(16-23-20)27-13-11-26(12-14-27)19-5-3-2-4-6-19/h2-10,15-16H,11-14H2,1H3,(H,25,28). The zero-order valence-electron chi connectivity index (χ0n) is 15.9. The molecule has 28 heavy (non-hydrogen) atoms. The van der Waals surface area contributed by atoms with Crippen molar-refractivity contribution in [1.29, 1.82) is 0 Å². The molecule has 1 aromatic heterocycles. The van der Waals surface area contributed by atoms with E-state index in [1.54, 1.807) is 12.4 Å². The molecule has 0 aliphatic carbocycles. The van der Waals surface area contributed by atoms with E-state index in [9.17, 15) is 4.79 Å². The summed E-state index contributed by atoms with van der Waals surface area (Å²) in [6.45, 7) is 5.62. The van der Waals surface area contributed by atoms with E-state index in [1.807, 2.05) is 37.3 Å². The van der Waals surface area contributed by atoms with E-state index in [4.69, 9.17) is 0 Å². The maximum atomic E-state index is 12.4. The molecule has 1 fully saturated rings. The first-order valence-electron chi connectivity index (χ1n) is 9.44. The molecule has 2 aromatic carbocycles. The highest BCUT2D eigenvalue weighted by Crippen LogP contribution is 2.18. The summed E-state index contributed by atoms with van der Waals surface area (Å²) in [5.41, 5.74) is 3.46. The Kier molecular flexibility index (Phi) is 5.19. The Hall–Kier alpha value is -3.41. The smallest absolute Gasteiger partial charge is 0.275 e. The fourth-order valence-electron chi connectivity index (χ4n) is 3.27. The van der Waals surface area contributed by atoms with Gasteiger partial charge in [-0.1, -0.05) is 35.9 Å². The number of piperazine rings is 1. The van der Waals surface area contributed by atoms with Crippen molar-refractivity contribution in [3.63, 3.8) is 0 Å². The van der Waals surface area contributed by atoms with Gasteiger partial charge in [0.05, 0.1) is 12.4 Å². The Morgan fingerprint density at radius 2 is 1.54 bits per heavy atom. The van der Waals surface area contributed by atoms with E-state index in [0.717, 1.165) is 43.2 Å². The highest BCUT2D eigenvalue weighted by atomic mass is 16.1. The number of hydrogen-bond donors (Lipinski definition) is 1. The largest absolute Gasteiger partial charge is 0.368 e. The monoisotopic (exact) mass is 373 g/mol. The minimum atomic E-state index is -0.253. The number of aryl methyl sites for hydroxylation is 1. The number of nitrogens with one attached hydrogen (secondary N) is 1. The van der Waals surface area contributed by atoms with Crippen LogP contribution < -0.4 is 15.1 Å². The summed E-state index contributed by atoms with van der Waals surface area (Å²) in [6.07, 6.45) is 3.23. The van der Waals surface area contributed by atoms with Crippen LogP contribution in [0.2, 0.25) is 0 Å². The Morgan fingerprint density at radius 1 is 0.857 bits per heavy atom. The number of rotatable bonds is 4. The molecule has 0 atom stereocenters. The van der Waals surface area contributed by atoms with E-state index in [1.165, 1.54) is 5.69 Å². The van der Waals surface area contributed by atoms with Crippen molar-refractivity contribution in [2.45, 2.75) is 6.92 Å². The second-order valence-corrected chi connectivity index (χ2v) is 6.89. The van der Waals surface area contributed by atoms with Crippen LogP contribution >= 0.6 is 0 Å². The molecule has 1 N–H and O–H groups in total. The normalized spacial score (nSPS) is 14.0. The van der Waals surface area contributed by atoms with Gasteiger partial charge in [-0.3, -0.25) is 4.79 Å². The van der Waals surface area contributed by atoms with Crippen LogP contribution in [-0.4, -0.2) is 42.1 Å². The van der Waals surface area contributed by atoms with E-state index in [-0.39, 0.29) is 5.91 Å². The van der Waals surface area contributed by atoms with Crippen molar-refractivity contribution in [1.82, 2.24) is 9.97 Å². The lowest BCUT2D eigenvalue weighted by molar-refractivity contribution is 0.102. The van der Waals surface area contributed by atoms with Crippen molar-refractivity contribution in [3.05, 3.63) is 78.2 Å². The third kappa shape index (κ3) is 4.11. The first kappa shape index (κ1) is 18.0. The molecule has 1 aliphatic rings. The van der Waals surface area contributed by atoms with Crippen LogP contribution in [0.4, 0.5) is 17.2 Å². The van der Waals surface area contributed by atoms with Gasteiger partial charge in [-0.05, 0) is 31.2 Å². The summed E-state index contributed by atoms with van der Waals surface area (Å²) in [4.78, 5) is 25.7. The van der Waals surface area contributed by atoms with Crippen LogP contribution in [0.3, 0.4) is 0 Å². The van der Waals surface area contributed by atoms with Crippen molar-refractivity contribution in [2.75, 3.05) is 41.3 Å². The van der Waals surface area contributed by atoms with Crippen LogP contribution in [0, 0.1) is 6.92 Å². The lowest BCUT2D eigenvalue weighted by atomic mass is 10.2. The highest BCUT2D eigenvalue weighted by molar-refractivity contribution is 6.02. The third-order valence-electron chi connectivity index (χ3n) is 4.91. The number of aromatic nitrogens is 2. The number of carbonyl (C=O) groups is 1. The van der Waals surface area contributed by atoms with E-state index in [2.05, 4.69) is 49.4 Å². The fourth-order valence-corrected chi connectivity index (χ4v) is 3.27. The van der Waals surface area contributed by atoms with E-state index >= 15 is 0 Å². The lowest BCUT2D eigenvalue weighted by Crippen LogP contribution is -2.46. The second kappa shape index (κ2) is 8.08. The van der Waals surface area contributed by atoms with Crippen molar-refractivity contribution in [2.24, 2.45) is 0 Å². The Balaban J connectivity index is 1.36. The number of nitrogens with zero attached hydrogens (tertiary/aromatic N) is 4. The number of amides is 1. The average molecular weight is 373 g/mol. The van der Waals surface area contributed by atoms with E-state index < -0.39 is 0 Å². The summed E-state index contributed by atoms with van der Waals surface area (Å²) in [6, 6.07) is 18.1. The maximum absolute atomic E-state index is 12.4. The van der Waals surface area contributed by atoms with Gasteiger partial charge in [-0.2, -0.15) is 0 Å². The van der Waals surface area contributed by atoms with Gasteiger partial charge in [0.1, 0.15) is 11.5 Å². The number of carbonyl (C=O) groups excluding carboxylic acids is 1. The number of hydrogen-bond acceptors (Lipinski definition) is 5. The summed E-state index contributed by atoms with van der Waals surface area (Å²) in [5, 5.41) is 2.85. The van der Waals surface area contributed by atoms with Gasteiger partial charge >= 0.3 is 0 Å². The minimum Gasteiger partial charge on any atom is -0.368 e. The van der Waals surface area contributed by atoms with Crippen molar-refractivity contribution < 1.29 is 4.79 Å². The molecule has 6 nitrogen and oxygen atoms in total. The van der Waals surface area contributed by atoms with Gasteiger partial charge in [-0.25, -0.2) is 9.97 Å². The van der Waals surface area contributed by atoms with Crippen molar-refractivity contribution in [3.8, 4) is 0 Å². The van der Waals surface area contributed by atoms with Crippen molar-refractivity contribution >= 4 is 23.1 Å². The molecule has 0 spiro atoms. The molecule has 1 amide bonds. The molecule has 3 aromatic rings. The minimum absolute atomic E-state index is 0.253. The van der Waals surface area contributed by atoms with Crippen LogP contribution in [0.15, 0.2) is 67.0 Å². The number of para-hydroxylation sites is 1. The summed E-state index contributed by atoms with van der Waals surface area (Å²) in [7, 11) is 0. The number of benzene rings is 2. The molecule has 0 unspecified atom stereocenters. The predicted octanol–water partition coefficient (Wildman–Crippen LogP) is 3.36. The molecule has 0 saturated carbocycles. The van der Waals surface area contributed by atoms with Crippen LogP contribution in [0.25, 0.3) is 0 Å². The first-order chi connectivity index (χ1) is 13.7. The van der Waals surface area contributed by atoms with Crippen LogP contribution in [0.5, 0.6) is 0 Å². The fraction of sp³-hybridized carbons (Fsp3) is 0.227. The van der Waals surface area contributed by atoms with E-state index in [0.29, 0.717) is 5.69 Å². The summed E-state index contributed by atoms with van der Waals surface area (Å²) in [5.74, 6) is 0.552. The van der Waals surface area contributed by atoms with Gasteiger partial charge in [0, 0.05) is 37.6 Å². The highest BCUT2D eigenvalue weighted by Gasteiger charge is 2.19. The molecule has 4 rings (SSSR count). The van der Waals surface area contributed by atoms with Gasteiger partial charge in [0.2, 0.25) is 0 Å². The number of anilines is 3. The Labute approximate surface area is 164 Å². The molecule has 1 aliphatic heterocycles. The Bertz CT molecular complexity index is 917. The van der Waals surface area contributed by atoms with Gasteiger partial charge in [0.25, 0.3) is 5.91 Å². The summed E-state index contributed by atoms with van der Waals surface area (Å²) >= 11 is 0. The van der Waals surface area contributed by atoms with Gasteiger partial charge < -0.3 is 15.1 Å². The van der Waals surface area contributed by atoms with Gasteiger partial charge in [-0.15, -0.1) is 0 Å². The molecule has 1 saturated heterocycles. The molecule has 6 heteroatoms. The zero-order chi connectivity index (χ0) is 19.3. The average Bonchev–Trinajstić information content (AvgIpc) is 2.76. The molecule has 2 heterocycles. The SMILES string of the molecule is Cc1ccc(NC(=O)c2cnc(N3CCN(c4ccccc4)CC3)cn2)cc1. The summed E-state index contributed by atoms with van der Waals surface area (Å²) < 4.78 is 0. The zero-order valence-corrected chi connectivity index (χ0v) is 15.9. The molecular weight excluding hydrogens is 350 g/mol. The second-order valence-electron chi connectivity index (χ2n) is 6.89. The van der Waals surface area contributed by atoms with Gasteiger partial charge in [0.15, 0.2) is 0 Å². The quantitative estimate of drug-likeness (QED) is 0.760. The molecular formula is C22H23N5O. The molecule has 142 valence electrons. The molecule has 0 radical (unpaired) electrons. The Morgan fingerprint density at radius 3 is 2.18 bits per heavy atom. The maximum Gasteiger partial charge on any atom is 0.275 e. The molecule has 0 bridgehead atoms. The lowest BCUT2D eigenvalue weighted by Gasteiger charge is -2.36. The predicted molar refractivity (Wildman–Crippen MR) is 112 cm³/mol. The van der Waals surface area contributed by atoms with Crippen LogP contribution in [0.1, 0.15) is 16.1 Å². The third-order valence-corrected chi connectivity index (χ3v) is 4.91. The first-order valence-corrected chi connectivity index (χ1v) is 9.44.